The molecule has 3 heterocycles. The van der Waals surface area contributed by atoms with E-state index in [0.717, 1.165) is 29.0 Å². The number of hydrogen-bond acceptors (Lipinski definition) is 21. The molecule has 0 spiro atoms. The summed E-state index contributed by atoms with van der Waals surface area (Å²) in [7, 11) is -16.5. The fraction of sp³-hybridized carbons (Fsp3) is 0.654. The summed E-state index contributed by atoms with van der Waals surface area (Å²) >= 11 is 0.739. The van der Waals surface area contributed by atoms with E-state index >= 15 is 0 Å². The number of carbonyl (C=O) groups is 4. The number of phosphoric ester groups is 3. The normalized spacial score (nSPS) is 21.8. The van der Waals surface area contributed by atoms with Gasteiger partial charge in [0.2, 0.25) is 16.9 Å². The molecule has 0 saturated carbocycles. The van der Waals surface area contributed by atoms with Crippen molar-refractivity contribution in [3.63, 3.8) is 0 Å². The fourth-order valence-electron chi connectivity index (χ4n) is 4.89. The summed E-state index contributed by atoms with van der Waals surface area (Å²) in [6.07, 6.45) is -7.70. The number of imidazole rings is 1. The van der Waals surface area contributed by atoms with Gasteiger partial charge in [-0.25, -0.2) is 28.6 Å². The molecule has 0 radical (unpaired) electrons. The zero-order chi connectivity index (χ0) is 43.6. The fourth-order valence-corrected chi connectivity index (χ4v) is 8.49. The van der Waals surface area contributed by atoms with Crippen LogP contribution < -0.4 is 21.8 Å². The second-order valence-corrected chi connectivity index (χ2v) is 18.2. The number of nitrogens with one attached hydrogen (secondary N) is 3. The topological polar surface area (TPSA) is 433 Å². The van der Waals surface area contributed by atoms with Crippen LogP contribution in [0.3, 0.4) is 0 Å². The number of phosphoric acid groups is 3. The smallest absolute Gasteiger partial charge is 0.481 e. The zero-order valence-electron chi connectivity index (χ0n) is 30.4. The Morgan fingerprint density at radius 3 is 2.34 bits per heavy atom. The average Bonchev–Trinajstić information content (AvgIpc) is 3.68. The number of ether oxygens (including phenoxy) is 1. The molecular weight excluding hydrogens is 869 g/mol. The molecule has 0 aromatic carbocycles. The van der Waals surface area contributed by atoms with Crippen LogP contribution >= 0.6 is 35.2 Å². The average molecular weight is 913 g/mol. The number of aliphatic hydroxyl groups excluding tert-OH is 2. The van der Waals surface area contributed by atoms with Gasteiger partial charge in [-0.05, 0) is 6.42 Å². The van der Waals surface area contributed by atoms with Crippen molar-refractivity contribution in [2.45, 2.75) is 69.8 Å². The summed E-state index contributed by atoms with van der Waals surface area (Å²) in [6, 6.07) is -1.12. The van der Waals surface area contributed by atoms with Gasteiger partial charge in [0.15, 0.2) is 17.7 Å². The number of hydroxylamine groups is 1. The largest absolute Gasteiger partial charge is 0.481 e. The van der Waals surface area contributed by atoms with E-state index in [1.165, 1.54) is 13.8 Å². The molecule has 4 unspecified atom stereocenters. The molecule has 13 N–H and O–H groups in total. The summed E-state index contributed by atoms with van der Waals surface area (Å²) in [5.41, 5.74) is 5.90. The Labute approximate surface area is 331 Å². The first-order chi connectivity index (χ1) is 26.9. The van der Waals surface area contributed by atoms with Gasteiger partial charge in [-0.1, -0.05) is 25.6 Å². The van der Waals surface area contributed by atoms with Crippen molar-refractivity contribution < 1.29 is 95.6 Å². The number of aromatic nitrogens is 4. The Balaban J connectivity index is 1.47. The molecule has 8 atom stereocenters. The van der Waals surface area contributed by atoms with Gasteiger partial charge < -0.3 is 61.2 Å². The third-order valence-electron chi connectivity index (χ3n) is 7.83. The number of fused-ring (bicyclic) bond motifs is 1. The molecule has 2 aromatic rings. The highest BCUT2D eigenvalue weighted by Gasteiger charge is 2.50. The lowest BCUT2D eigenvalue weighted by molar-refractivity contribution is -0.138. The van der Waals surface area contributed by atoms with Gasteiger partial charge in [0.05, 0.1) is 19.5 Å². The Bertz CT molecular complexity index is 1920. The third kappa shape index (κ3) is 14.9. The van der Waals surface area contributed by atoms with E-state index in [-0.39, 0.29) is 55.1 Å². The van der Waals surface area contributed by atoms with Crippen molar-refractivity contribution in [1.82, 2.24) is 35.6 Å². The van der Waals surface area contributed by atoms with Crippen molar-refractivity contribution in [3.05, 3.63) is 12.7 Å². The van der Waals surface area contributed by atoms with E-state index in [4.69, 9.17) is 29.8 Å². The summed E-state index contributed by atoms with van der Waals surface area (Å²) in [5, 5.41) is 43.3. The highest BCUT2D eigenvalue weighted by molar-refractivity contribution is 8.13. The van der Waals surface area contributed by atoms with Crippen molar-refractivity contribution in [1.29, 1.82) is 0 Å². The summed E-state index contributed by atoms with van der Waals surface area (Å²) in [5.74, 6) is -2.73. The molecule has 1 saturated heterocycles. The number of hydrogen-bond donors (Lipinski definition) is 12. The number of carboxylic acids is 1. The minimum Gasteiger partial charge on any atom is -0.481 e. The number of amides is 2. The van der Waals surface area contributed by atoms with Gasteiger partial charge in [-0.2, -0.15) is 9.79 Å². The Morgan fingerprint density at radius 1 is 1.03 bits per heavy atom. The molecule has 1 fully saturated rings. The maximum absolute atomic E-state index is 12.7. The van der Waals surface area contributed by atoms with Crippen LogP contribution in [0.25, 0.3) is 11.2 Å². The first kappa shape index (κ1) is 49.3. The van der Waals surface area contributed by atoms with Crippen LogP contribution in [0.4, 0.5) is 5.82 Å². The molecule has 3 rings (SSSR count). The summed E-state index contributed by atoms with van der Waals surface area (Å²) in [6.45, 7) is 0.0483. The summed E-state index contributed by atoms with van der Waals surface area (Å²) in [4.78, 5) is 98.2. The highest BCUT2D eigenvalue weighted by Crippen LogP contribution is 2.61. The van der Waals surface area contributed by atoms with Gasteiger partial charge >= 0.3 is 29.4 Å². The molecule has 2 aromatic heterocycles. The minimum absolute atomic E-state index is 0.00218. The van der Waals surface area contributed by atoms with Crippen molar-refractivity contribution in [3.8, 4) is 0 Å². The number of carboxylic acid groups (broad SMARTS) is 1. The van der Waals surface area contributed by atoms with Crippen LogP contribution in [0.5, 0.6) is 0 Å². The zero-order valence-corrected chi connectivity index (χ0v) is 33.9. The van der Waals surface area contributed by atoms with E-state index in [1.54, 1.807) is 5.48 Å². The van der Waals surface area contributed by atoms with E-state index in [2.05, 4.69) is 34.4 Å². The number of aliphatic hydroxyl groups is 2. The molecule has 0 aliphatic carbocycles. The second kappa shape index (κ2) is 21.0. The maximum atomic E-state index is 12.7. The minimum atomic E-state index is -5.60. The van der Waals surface area contributed by atoms with Crippen LogP contribution in [0.1, 0.15) is 39.3 Å². The first-order valence-corrected chi connectivity index (χ1v) is 22.0. The molecule has 58 heavy (non-hydrogen) atoms. The number of rotatable bonds is 24. The lowest BCUT2D eigenvalue weighted by Gasteiger charge is -2.30. The van der Waals surface area contributed by atoms with Gasteiger partial charge in [0, 0.05) is 37.1 Å². The first-order valence-electron chi connectivity index (χ1n) is 16.5. The van der Waals surface area contributed by atoms with E-state index < -0.39 is 102 Å². The molecule has 2 amide bonds. The Morgan fingerprint density at radius 2 is 1.71 bits per heavy atom. The molecular formula is C26H43N8O20P3S. The number of carbonyl (C=O) groups excluding carboxylic acids is 3. The van der Waals surface area contributed by atoms with E-state index in [9.17, 15) is 62.7 Å². The predicted octanol–water partition coefficient (Wildman–Crippen LogP) is -2.12. The SMILES string of the molecule is CC(C)(COP(=O)(O)OP(=O)(O)OC[C@H]1O[C@@H](n2cnc3c(N)ncnc32)[C@H](O)[C@@H]1OP(=O)(O)O)C(O)C(=O)NCCC(=O)NCCSC(=O)C(CCC(=O)O)NO. The quantitative estimate of drug-likeness (QED) is 0.0304. The summed E-state index contributed by atoms with van der Waals surface area (Å²) < 4.78 is 62.0. The lowest BCUT2D eigenvalue weighted by Crippen LogP contribution is -2.46. The second-order valence-electron chi connectivity index (χ2n) is 12.9. The van der Waals surface area contributed by atoms with Gasteiger partial charge in [0.25, 0.3) is 0 Å². The van der Waals surface area contributed by atoms with Gasteiger partial charge in [-0.15, -0.1) is 0 Å². The maximum Gasteiger partial charge on any atom is 0.481 e. The Kier molecular flexibility index (Phi) is 17.8. The van der Waals surface area contributed by atoms with Crippen LogP contribution in [-0.4, -0.2) is 145 Å². The predicted molar refractivity (Wildman–Crippen MR) is 193 cm³/mol. The third-order valence-corrected chi connectivity index (χ3v) is 11.9. The van der Waals surface area contributed by atoms with Crippen LogP contribution in [-0.2, 0) is 55.5 Å². The number of nitrogen functional groups attached to an aromatic ring is 1. The standard InChI is InChI=1S/C26H43N8O20P3S/c1-26(2,20(39)23(40)29-6-5-15(35)28-7-8-58-25(41)13(33-42)3-4-16(36)37)10-51-57(48,49)54-56(46,47)50-9-14-19(53-55(43,44)45)18(38)24(52-14)34-12-32-17-21(27)30-11-31-22(17)34/h11-14,18-20,24,33,38-39,42H,3-10H2,1-2H3,(H,28,35)(H,29,40)(H,36,37)(H,46,47)(H,48,49)(H2,27,30,31)(H2,43,44,45)/t13?,14-,18-,19-,20?,24-/m1/s1. The van der Waals surface area contributed by atoms with Gasteiger partial charge in [0.1, 0.15) is 42.3 Å². The molecule has 328 valence electrons. The number of thioether (sulfide) groups is 1. The van der Waals surface area contributed by atoms with Gasteiger partial charge in [-0.3, -0.25) is 37.3 Å². The van der Waals surface area contributed by atoms with Crippen LogP contribution in [0.15, 0.2) is 12.7 Å². The lowest BCUT2D eigenvalue weighted by atomic mass is 9.87. The molecule has 1 aliphatic heterocycles. The number of aliphatic carboxylic acids is 1. The molecule has 0 bridgehead atoms. The van der Waals surface area contributed by atoms with Crippen molar-refractivity contribution in [2.75, 3.05) is 37.8 Å². The van der Waals surface area contributed by atoms with Crippen molar-refractivity contribution >= 4 is 75.1 Å². The molecule has 1 aliphatic rings. The van der Waals surface area contributed by atoms with E-state index in [0.29, 0.717) is 0 Å². The Hall–Kier alpha value is -3.05. The van der Waals surface area contributed by atoms with E-state index in [1.807, 2.05) is 0 Å². The monoisotopic (exact) mass is 912 g/mol. The number of nitrogens with two attached hydrogens (primary N) is 1. The molecule has 32 heteroatoms. The van der Waals surface area contributed by atoms with Crippen LogP contribution in [0.2, 0.25) is 0 Å². The number of nitrogens with zero attached hydrogens (tertiary/aromatic N) is 4. The highest BCUT2D eigenvalue weighted by atomic mass is 32.2. The molecule has 28 nitrogen and oxygen atoms in total. The van der Waals surface area contributed by atoms with Crippen LogP contribution in [0, 0.1) is 5.41 Å². The number of anilines is 1. The van der Waals surface area contributed by atoms with Crippen molar-refractivity contribution in [2.24, 2.45) is 5.41 Å².